The largest absolute Gasteiger partial charge is 0.392 e. The molecule has 2 N–H and O–H groups in total. The van der Waals surface area contributed by atoms with Crippen LogP contribution in [0.5, 0.6) is 0 Å². The van der Waals surface area contributed by atoms with Crippen molar-refractivity contribution in [2.75, 3.05) is 0 Å². The van der Waals surface area contributed by atoms with Gasteiger partial charge in [-0.2, -0.15) is 0 Å². The van der Waals surface area contributed by atoms with Gasteiger partial charge < -0.3 is 5.11 Å². The second kappa shape index (κ2) is 5.23. The number of benzene rings is 1. The zero-order valence-corrected chi connectivity index (χ0v) is 12.3. The van der Waals surface area contributed by atoms with Crippen molar-refractivity contribution in [3.05, 3.63) is 29.3 Å². The third-order valence-electron chi connectivity index (χ3n) is 3.81. The van der Waals surface area contributed by atoms with Gasteiger partial charge in [-0.25, -0.2) is 13.1 Å². The lowest BCUT2D eigenvalue weighted by molar-refractivity contribution is 0.281. The quantitative estimate of drug-likeness (QED) is 0.889. The van der Waals surface area contributed by atoms with E-state index in [2.05, 4.69) is 4.72 Å². The highest BCUT2D eigenvalue weighted by atomic mass is 32.2. The summed E-state index contributed by atoms with van der Waals surface area (Å²) >= 11 is 0. The maximum atomic E-state index is 12.5. The highest BCUT2D eigenvalue weighted by molar-refractivity contribution is 7.89. The van der Waals surface area contributed by atoms with E-state index in [1.165, 1.54) is 0 Å². The Morgan fingerprint density at radius 3 is 2.53 bits per heavy atom. The second-order valence-electron chi connectivity index (χ2n) is 5.63. The Labute approximate surface area is 114 Å². The van der Waals surface area contributed by atoms with Gasteiger partial charge in [-0.05, 0) is 43.9 Å². The molecule has 0 aromatic heterocycles. The summed E-state index contributed by atoms with van der Waals surface area (Å²) in [4.78, 5) is 0.271. The maximum absolute atomic E-state index is 12.5. The predicted molar refractivity (Wildman–Crippen MR) is 74.3 cm³/mol. The molecular formula is C14H21NO3S. The number of hydrogen-bond acceptors (Lipinski definition) is 3. The lowest BCUT2D eigenvalue weighted by Gasteiger charge is -2.25. The van der Waals surface area contributed by atoms with Crippen LogP contribution in [0.3, 0.4) is 0 Å². The summed E-state index contributed by atoms with van der Waals surface area (Å²) in [7, 11) is -3.53. The van der Waals surface area contributed by atoms with E-state index in [0.29, 0.717) is 11.1 Å². The molecular weight excluding hydrogens is 262 g/mol. The molecule has 1 aliphatic carbocycles. The average molecular weight is 283 g/mol. The normalized spacial score (nSPS) is 18.7. The van der Waals surface area contributed by atoms with Gasteiger partial charge in [0.2, 0.25) is 10.0 Å². The minimum atomic E-state index is -3.53. The van der Waals surface area contributed by atoms with Gasteiger partial charge >= 0.3 is 0 Å². The van der Waals surface area contributed by atoms with E-state index >= 15 is 0 Å². The van der Waals surface area contributed by atoms with Crippen LogP contribution in [0, 0.1) is 6.92 Å². The Bertz CT molecular complexity index is 560. The average Bonchev–Trinajstić information content (AvgIpc) is 2.75. The van der Waals surface area contributed by atoms with E-state index < -0.39 is 10.0 Å². The summed E-state index contributed by atoms with van der Waals surface area (Å²) in [6, 6.07) is 5.03. The third kappa shape index (κ3) is 3.16. The molecule has 0 heterocycles. The molecule has 106 valence electrons. The van der Waals surface area contributed by atoms with Gasteiger partial charge in [0.05, 0.1) is 11.5 Å². The first-order chi connectivity index (χ1) is 8.86. The number of aliphatic hydroxyl groups is 1. The number of aliphatic hydroxyl groups excluding tert-OH is 1. The molecule has 1 saturated carbocycles. The lowest BCUT2D eigenvalue weighted by Crippen LogP contribution is -2.43. The summed E-state index contributed by atoms with van der Waals surface area (Å²) in [6.45, 7) is 3.58. The first kappa shape index (κ1) is 14.5. The fourth-order valence-electron chi connectivity index (χ4n) is 2.67. The second-order valence-corrected chi connectivity index (χ2v) is 7.28. The summed E-state index contributed by atoms with van der Waals surface area (Å²) in [5.41, 5.74) is 0.981. The number of rotatable bonds is 4. The van der Waals surface area contributed by atoms with Gasteiger partial charge in [-0.1, -0.05) is 25.0 Å². The molecule has 2 rings (SSSR count). The van der Waals surface area contributed by atoms with Gasteiger partial charge in [0.25, 0.3) is 0 Å². The molecule has 0 aliphatic heterocycles. The summed E-state index contributed by atoms with van der Waals surface area (Å²) in [6.07, 6.45) is 3.89. The Kier molecular flexibility index (Phi) is 3.99. The number of nitrogens with one attached hydrogen (secondary N) is 1. The number of sulfonamides is 1. The molecule has 0 saturated heterocycles. The van der Waals surface area contributed by atoms with E-state index in [9.17, 15) is 8.42 Å². The maximum Gasteiger partial charge on any atom is 0.241 e. The Morgan fingerprint density at radius 1 is 1.32 bits per heavy atom. The fraction of sp³-hybridized carbons (Fsp3) is 0.571. The summed E-state index contributed by atoms with van der Waals surface area (Å²) in [5.74, 6) is 0. The van der Waals surface area contributed by atoms with E-state index in [1.807, 2.05) is 6.92 Å². The lowest BCUT2D eigenvalue weighted by atomic mass is 10.0. The predicted octanol–water partition coefficient (Wildman–Crippen LogP) is 2.10. The van der Waals surface area contributed by atoms with Crippen LogP contribution in [0.1, 0.15) is 43.7 Å². The van der Waals surface area contributed by atoms with Crippen molar-refractivity contribution < 1.29 is 13.5 Å². The van der Waals surface area contributed by atoms with Crippen LogP contribution in [-0.4, -0.2) is 19.1 Å². The molecule has 0 unspecified atom stereocenters. The standard InChI is InChI=1S/C14H21NO3S/c1-11-5-6-12(10-16)9-13(11)19(17,18)15-14(2)7-3-4-8-14/h5-6,9,15-16H,3-4,7-8,10H2,1-2H3. The first-order valence-corrected chi connectivity index (χ1v) is 8.09. The van der Waals surface area contributed by atoms with Crippen LogP contribution in [0.4, 0.5) is 0 Å². The van der Waals surface area contributed by atoms with Crippen molar-refractivity contribution in [1.29, 1.82) is 0 Å². The zero-order valence-electron chi connectivity index (χ0n) is 11.4. The minimum Gasteiger partial charge on any atom is -0.392 e. The van der Waals surface area contributed by atoms with Crippen LogP contribution in [-0.2, 0) is 16.6 Å². The monoisotopic (exact) mass is 283 g/mol. The molecule has 5 heteroatoms. The van der Waals surface area contributed by atoms with E-state index in [-0.39, 0.29) is 17.0 Å². The fourth-order valence-corrected chi connectivity index (χ4v) is 4.43. The van der Waals surface area contributed by atoms with Crippen molar-refractivity contribution in [2.24, 2.45) is 0 Å². The number of hydrogen-bond donors (Lipinski definition) is 2. The van der Waals surface area contributed by atoms with Crippen molar-refractivity contribution in [3.8, 4) is 0 Å². The van der Waals surface area contributed by atoms with Crippen LogP contribution >= 0.6 is 0 Å². The van der Waals surface area contributed by atoms with Crippen LogP contribution in [0.15, 0.2) is 23.1 Å². The zero-order chi connectivity index (χ0) is 14.1. The highest BCUT2D eigenvalue weighted by Gasteiger charge is 2.34. The van der Waals surface area contributed by atoms with Crippen LogP contribution < -0.4 is 4.72 Å². The van der Waals surface area contributed by atoms with Gasteiger partial charge in [0.1, 0.15) is 0 Å². The number of aryl methyl sites for hydroxylation is 1. The molecule has 4 nitrogen and oxygen atoms in total. The molecule has 0 atom stereocenters. The topological polar surface area (TPSA) is 66.4 Å². The summed E-state index contributed by atoms with van der Waals surface area (Å²) < 4.78 is 27.8. The molecule has 0 bridgehead atoms. The van der Waals surface area contributed by atoms with E-state index in [0.717, 1.165) is 25.7 Å². The van der Waals surface area contributed by atoms with Crippen LogP contribution in [0.25, 0.3) is 0 Å². The van der Waals surface area contributed by atoms with Crippen molar-refractivity contribution >= 4 is 10.0 Å². The molecule has 0 radical (unpaired) electrons. The van der Waals surface area contributed by atoms with Crippen molar-refractivity contribution in [1.82, 2.24) is 4.72 Å². The Morgan fingerprint density at radius 2 is 1.95 bits per heavy atom. The van der Waals surface area contributed by atoms with E-state index in [1.54, 1.807) is 25.1 Å². The first-order valence-electron chi connectivity index (χ1n) is 6.61. The molecule has 19 heavy (non-hydrogen) atoms. The molecule has 1 aromatic carbocycles. The Balaban J connectivity index is 2.33. The third-order valence-corrected chi connectivity index (χ3v) is 5.59. The van der Waals surface area contributed by atoms with Crippen LogP contribution in [0.2, 0.25) is 0 Å². The molecule has 0 amide bonds. The Hall–Kier alpha value is -0.910. The highest BCUT2D eigenvalue weighted by Crippen LogP contribution is 2.31. The van der Waals surface area contributed by atoms with Crippen molar-refractivity contribution in [2.45, 2.75) is 56.6 Å². The minimum absolute atomic E-state index is 0.153. The molecule has 1 aromatic rings. The summed E-state index contributed by atoms with van der Waals surface area (Å²) in [5, 5.41) is 9.14. The molecule has 1 fully saturated rings. The molecule has 1 aliphatic rings. The van der Waals surface area contributed by atoms with Gasteiger partial charge in [-0.3, -0.25) is 0 Å². The van der Waals surface area contributed by atoms with Crippen molar-refractivity contribution in [3.63, 3.8) is 0 Å². The SMILES string of the molecule is Cc1ccc(CO)cc1S(=O)(=O)NC1(C)CCCC1. The van der Waals surface area contributed by atoms with Gasteiger partial charge in [0.15, 0.2) is 0 Å². The van der Waals surface area contributed by atoms with Gasteiger partial charge in [-0.15, -0.1) is 0 Å². The van der Waals surface area contributed by atoms with E-state index in [4.69, 9.17) is 5.11 Å². The molecule has 0 spiro atoms. The van der Waals surface area contributed by atoms with Gasteiger partial charge in [0, 0.05) is 5.54 Å². The smallest absolute Gasteiger partial charge is 0.241 e.